The number of hydrogen-bond acceptors (Lipinski definition) is 4. The third-order valence-electron chi connectivity index (χ3n) is 4.64. The van der Waals surface area contributed by atoms with Crippen LogP contribution in [0.4, 0.5) is 0 Å². The van der Waals surface area contributed by atoms with Gasteiger partial charge in [0.05, 0.1) is 17.6 Å². The van der Waals surface area contributed by atoms with Crippen LogP contribution in [0.5, 0.6) is 5.75 Å². The number of guanidine groups is 1. The molecule has 0 aromatic heterocycles. The van der Waals surface area contributed by atoms with Crippen LogP contribution < -0.4 is 10.1 Å². The lowest BCUT2D eigenvalue weighted by atomic mass is 10.1. The molecule has 1 aromatic carbocycles. The largest absolute Gasteiger partial charge is 0.497 e. The number of sulfone groups is 1. The second kappa shape index (κ2) is 9.77. The SMILES string of the molecule is CN=C(NCCCc1ccc(OC)cc1)N1CCS(=O)(=O)C(C)(C)C1.I. The molecule has 0 atom stereocenters. The van der Waals surface area contributed by atoms with Gasteiger partial charge in [-0.05, 0) is 44.4 Å². The van der Waals surface area contributed by atoms with Crippen molar-refractivity contribution in [1.82, 2.24) is 10.2 Å². The zero-order chi connectivity index (χ0) is 18.5. The summed E-state index contributed by atoms with van der Waals surface area (Å²) in [6.07, 6.45) is 1.94. The van der Waals surface area contributed by atoms with E-state index in [9.17, 15) is 8.42 Å². The molecule has 26 heavy (non-hydrogen) atoms. The second-order valence-corrected chi connectivity index (χ2v) is 9.67. The lowest BCUT2D eigenvalue weighted by molar-refractivity contribution is 0.353. The molecule has 1 aromatic rings. The third-order valence-corrected chi connectivity index (χ3v) is 7.17. The maximum atomic E-state index is 12.1. The van der Waals surface area contributed by atoms with Crippen molar-refractivity contribution >= 4 is 39.8 Å². The Bertz CT molecular complexity index is 703. The molecule has 0 unspecified atom stereocenters. The molecule has 1 aliphatic rings. The van der Waals surface area contributed by atoms with E-state index < -0.39 is 14.6 Å². The highest BCUT2D eigenvalue weighted by molar-refractivity contribution is 14.0. The first-order valence-corrected chi connectivity index (χ1v) is 10.2. The van der Waals surface area contributed by atoms with Crippen LogP contribution in [-0.4, -0.2) is 63.6 Å². The van der Waals surface area contributed by atoms with Gasteiger partial charge in [0.1, 0.15) is 5.75 Å². The molecule has 2 rings (SSSR count). The Hall–Kier alpha value is -1.03. The van der Waals surface area contributed by atoms with Crippen LogP contribution in [0.15, 0.2) is 29.3 Å². The van der Waals surface area contributed by atoms with Gasteiger partial charge < -0.3 is 15.0 Å². The molecule has 0 bridgehead atoms. The Morgan fingerprint density at radius 3 is 2.50 bits per heavy atom. The van der Waals surface area contributed by atoms with E-state index in [1.54, 1.807) is 28.0 Å². The first-order valence-electron chi connectivity index (χ1n) is 8.60. The van der Waals surface area contributed by atoms with E-state index in [0.717, 1.165) is 31.1 Å². The maximum absolute atomic E-state index is 12.1. The first-order chi connectivity index (χ1) is 11.8. The lowest BCUT2D eigenvalue weighted by Gasteiger charge is -2.39. The van der Waals surface area contributed by atoms with Gasteiger partial charge in [-0.15, -0.1) is 24.0 Å². The number of nitrogens with one attached hydrogen (secondary N) is 1. The van der Waals surface area contributed by atoms with Crippen LogP contribution in [0.25, 0.3) is 0 Å². The molecule has 6 nitrogen and oxygen atoms in total. The standard InChI is InChI=1S/C18H29N3O3S.HI/c1-18(2)14-21(12-13-25(18,22)23)17(19-3)20-11-5-6-15-7-9-16(24-4)10-8-15;/h7-10H,5-6,11-14H2,1-4H3,(H,19,20);1H. The van der Waals surface area contributed by atoms with Crippen LogP contribution >= 0.6 is 24.0 Å². The van der Waals surface area contributed by atoms with Gasteiger partial charge in [0.15, 0.2) is 15.8 Å². The van der Waals surface area contributed by atoms with Gasteiger partial charge in [-0.25, -0.2) is 8.42 Å². The summed E-state index contributed by atoms with van der Waals surface area (Å²) in [4.78, 5) is 6.35. The van der Waals surface area contributed by atoms with E-state index in [0.29, 0.717) is 13.1 Å². The van der Waals surface area contributed by atoms with Gasteiger partial charge in [-0.3, -0.25) is 4.99 Å². The number of benzene rings is 1. The van der Waals surface area contributed by atoms with Gasteiger partial charge in [0.25, 0.3) is 0 Å². The van der Waals surface area contributed by atoms with Crippen molar-refractivity contribution in [3.63, 3.8) is 0 Å². The first kappa shape index (κ1) is 23.0. The van der Waals surface area contributed by atoms with Crippen molar-refractivity contribution < 1.29 is 13.2 Å². The molecule has 8 heteroatoms. The van der Waals surface area contributed by atoms with Crippen LogP contribution in [-0.2, 0) is 16.3 Å². The van der Waals surface area contributed by atoms with Crippen LogP contribution in [0.3, 0.4) is 0 Å². The molecule has 0 saturated carbocycles. The Kier molecular flexibility index (Phi) is 8.65. The minimum atomic E-state index is -3.04. The summed E-state index contributed by atoms with van der Waals surface area (Å²) >= 11 is 0. The zero-order valence-electron chi connectivity index (χ0n) is 16.0. The van der Waals surface area contributed by atoms with Gasteiger partial charge in [0, 0.05) is 26.7 Å². The molecular weight excluding hydrogens is 465 g/mol. The highest BCUT2D eigenvalue weighted by Gasteiger charge is 2.40. The molecule has 148 valence electrons. The number of hydrogen-bond donors (Lipinski definition) is 1. The molecule has 0 radical (unpaired) electrons. The number of aryl methyl sites for hydroxylation is 1. The number of aliphatic imine (C=N–C) groups is 1. The van der Waals surface area contributed by atoms with Crippen LogP contribution in [0.1, 0.15) is 25.8 Å². The molecule has 1 aliphatic heterocycles. The monoisotopic (exact) mass is 495 g/mol. The second-order valence-electron chi connectivity index (χ2n) is 6.93. The molecule has 1 N–H and O–H groups in total. The third kappa shape index (κ3) is 5.73. The van der Waals surface area contributed by atoms with Crippen LogP contribution in [0.2, 0.25) is 0 Å². The number of nitrogens with zero attached hydrogens (tertiary/aromatic N) is 2. The molecule has 0 spiro atoms. The predicted octanol–water partition coefficient (Wildman–Crippen LogP) is 2.33. The fourth-order valence-corrected chi connectivity index (χ4v) is 4.31. The Morgan fingerprint density at radius 2 is 1.96 bits per heavy atom. The van der Waals surface area contributed by atoms with E-state index in [1.165, 1.54) is 5.56 Å². The normalized spacial score (nSPS) is 18.8. The van der Waals surface area contributed by atoms with Crippen molar-refractivity contribution in [2.45, 2.75) is 31.4 Å². The summed E-state index contributed by atoms with van der Waals surface area (Å²) in [5.74, 6) is 1.81. The number of rotatable bonds is 5. The summed E-state index contributed by atoms with van der Waals surface area (Å²) in [6, 6.07) is 8.09. The summed E-state index contributed by atoms with van der Waals surface area (Å²) < 4.78 is 28.7. The zero-order valence-corrected chi connectivity index (χ0v) is 19.1. The number of methoxy groups -OCH3 is 1. The van der Waals surface area contributed by atoms with Crippen molar-refractivity contribution in [1.29, 1.82) is 0 Å². The van der Waals surface area contributed by atoms with Crippen molar-refractivity contribution in [3.8, 4) is 5.75 Å². The van der Waals surface area contributed by atoms with E-state index in [2.05, 4.69) is 22.4 Å². The average Bonchev–Trinajstić information content (AvgIpc) is 2.58. The highest BCUT2D eigenvalue weighted by atomic mass is 127. The molecule has 1 heterocycles. The average molecular weight is 495 g/mol. The smallest absolute Gasteiger partial charge is 0.193 e. The number of ether oxygens (including phenoxy) is 1. The fourth-order valence-electron chi connectivity index (χ4n) is 2.94. The Morgan fingerprint density at radius 1 is 1.31 bits per heavy atom. The summed E-state index contributed by atoms with van der Waals surface area (Å²) in [6.45, 7) is 5.32. The van der Waals surface area contributed by atoms with Gasteiger partial charge in [-0.2, -0.15) is 0 Å². The summed E-state index contributed by atoms with van der Waals surface area (Å²) in [7, 11) is 0.365. The van der Waals surface area contributed by atoms with Gasteiger partial charge in [0.2, 0.25) is 0 Å². The van der Waals surface area contributed by atoms with Crippen molar-refractivity contribution in [2.75, 3.05) is 39.5 Å². The van der Waals surface area contributed by atoms with E-state index >= 15 is 0 Å². The Balaban J connectivity index is 0.00000338. The van der Waals surface area contributed by atoms with Gasteiger partial charge in [-0.1, -0.05) is 12.1 Å². The summed E-state index contributed by atoms with van der Waals surface area (Å²) in [5, 5.41) is 3.35. The molecule has 1 saturated heterocycles. The summed E-state index contributed by atoms with van der Waals surface area (Å²) in [5.41, 5.74) is 1.27. The molecule has 0 aliphatic carbocycles. The topological polar surface area (TPSA) is 71.0 Å². The lowest BCUT2D eigenvalue weighted by Crippen LogP contribution is -2.57. The van der Waals surface area contributed by atoms with Crippen LogP contribution in [0, 0.1) is 0 Å². The van der Waals surface area contributed by atoms with E-state index in [1.807, 2.05) is 17.0 Å². The van der Waals surface area contributed by atoms with Crippen molar-refractivity contribution in [2.24, 2.45) is 4.99 Å². The predicted molar refractivity (Wildman–Crippen MR) is 118 cm³/mol. The Labute approximate surface area is 174 Å². The van der Waals surface area contributed by atoms with E-state index in [4.69, 9.17) is 4.74 Å². The molecule has 1 fully saturated rings. The van der Waals surface area contributed by atoms with Gasteiger partial charge >= 0.3 is 0 Å². The van der Waals surface area contributed by atoms with Crippen molar-refractivity contribution in [3.05, 3.63) is 29.8 Å². The molecule has 0 amide bonds. The fraction of sp³-hybridized carbons (Fsp3) is 0.611. The highest BCUT2D eigenvalue weighted by Crippen LogP contribution is 2.23. The minimum Gasteiger partial charge on any atom is -0.497 e. The van der Waals surface area contributed by atoms with E-state index in [-0.39, 0.29) is 29.7 Å². The molecular formula is C18H30IN3O3S. The number of halogens is 1. The maximum Gasteiger partial charge on any atom is 0.193 e. The minimum absolute atomic E-state index is 0. The quantitative estimate of drug-likeness (QED) is 0.294.